The van der Waals surface area contributed by atoms with E-state index in [1.54, 1.807) is 16.4 Å². The largest absolute Gasteiger partial charge is 0.496 e. The Hall–Kier alpha value is -7.84. The Balaban J connectivity index is 0.000000171. The van der Waals surface area contributed by atoms with Gasteiger partial charge in [-0.2, -0.15) is 23.8 Å². The normalized spacial score (nSPS) is 12.0. The smallest absolute Gasteiger partial charge is 0.249 e. The van der Waals surface area contributed by atoms with E-state index < -0.39 is 0 Å². The second kappa shape index (κ2) is 20.7. The van der Waals surface area contributed by atoms with Crippen LogP contribution in [-0.2, 0) is 19.0 Å². The predicted octanol–water partition coefficient (Wildman–Crippen LogP) is 14.6. The molecular formula is C52H46Cl2N16OS2. The number of hydrogen-bond acceptors (Lipinski definition) is 15. The molecule has 0 amide bonds. The molecule has 0 N–H and O–H groups in total. The molecule has 5 aromatic carbocycles. The maximum atomic E-state index is 6.61. The second-order valence-electron chi connectivity index (χ2n) is 18.0. The molecule has 6 heterocycles. The summed E-state index contributed by atoms with van der Waals surface area (Å²) in [6.07, 6.45) is 0. The molecule has 11 rings (SSSR count). The van der Waals surface area contributed by atoms with Gasteiger partial charge in [-0.1, -0.05) is 161 Å². The Morgan fingerprint density at radius 1 is 0.603 bits per heavy atom. The first-order valence-corrected chi connectivity index (χ1v) is 25.4. The van der Waals surface area contributed by atoms with Crippen LogP contribution in [0.25, 0.3) is 56.7 Å². The van der Waals surface area contributed by atoms with Crippen LogP contribution in [0.1, 0.15) is 57.6 Å². The van der Waals surface area contributed by atoms with Crippen LogP contribution in [0.2, 0.25) is 10.0 Å². The monoisotopic (exact) mass is 1040 g/mol. The van der Waals surface area contributed by atoms with Crippen molar-refractivity contribution < 1.29 is 4.74 Å². The Labute approximate surface area is 437 Å². The van der Waals surface area contributed by atoms with E-state index in [9.17, 15) is 0 Å². The number of benzene rings is 5. The van der Waals surface area contributed by atoms with E-state index in [2.05, 4.69) is 85.4 Å². The number of nitrogens with zero attached hydrogens (tertiary/aromatic N) is 16. The Morgan fingerprint density at radius 3 is 1.77 bits per heavy atom. The van der Waals surface area contributed by atoms with E-state index in [4.69, 9.17) is 53.4 Å². The summed E-state index contributed by atoms with van der Waals surface area (Å²) >= 11 is 15.2. The molecule has 0 aliphatic carbocycles. The van der Waals surface area contributed by atoms with Gasteiger partial charge in [-0.05, 0) is 35.9 Å². The van der Waals surface area contributed by atoms with Crippen molar-refractivity contribution >= 4 is 79.2 Å². The summed E-state index contributed by atoms with van der Waals surface area (Å²) in [5.74, 6) is 3.59. The van der Waals surface area contributed by atoms with Crippen LogP contribution in [-0.4, -0.2) is 64.6 Å². The maximum Gasteiger partial charge on any atom is 0.249 e. The number of rotatable bonds is 12. The fraction of sp³-hybridized carbons (Fsp3) is 0.192. The van der Waals surface area contributed by atoms with Gasteiger partial charge < -0.3 is 13.9 Å². The molecule has 17 nitrogen and oxygen atoms in total. The van der Waals surface area contributed by atoms with Crippen molar-refractivity contribution in [2.24, 2.45) is 27.5 Å². The summed E-state index contributed by atoms with van der Waals surface area (Å²) in [5, 5.41) is 39.3. The highest BCUT2D eigenvalue weighted by Crippen LogP contribution is 2.41. The lowest BCUT2D eigenvalue weighted by molar-refractivity contribution is 0.416. The molecule has 0 fully saturated rings. The average Bonchev–Trinajstić information content (AvgIpc) is 4.27. The summed E-state index contributed by atoms with van der Waals surface area (Å²) in [7, 11) is 3.58. The number of halogens is 2. The van der Waals surface area contributed by atoms with Gasteiger partial charge in [0.05, 0.1) is 35.0 Å². The molecule has 0 saturated carbocycles. The van der Waals surface area contributed by atoms with Crippen LogP contribution in [0.3, 0.4) is 0 Å². The van der Waals surface area contributed by atoms with Crippen molar-refractivity contribution in [3.63, 3.8) is 0 Å². The number of azo groups is 2. The Morgan fingerprint density at radius 2 is 1.15 bits per heavy atom. The van der Waals surface area contributed by atoms with Gasteiger partial charge in [-0.3, -0.25) is 0 Å². The number of methoxy groups -OCH3 is 1. The van der Waals surface area contributed by atoms with Crippen molar-refractivity contribution in [3.05, 3.63) is 161 Å². The average molecular weight is 1050 g/mol. The van der Waals surface area contributed by atoms with Gasteiger partial charge >= 0.3 is 0 Å². The Kier molecular flexibility index (Phi) is 13.8. The molecule has 0 aliphatic heterocycles. The SMILES string of the molecule is COc1ccccc1-c1nsc(N=Nc2c(-c3ccccc3Cl)nn3nc(C(C)C)n(Cc4ccccc4)c23)n1.Cn1c(-c2ccccc2)nn2nc(C(C)(C)C)c(N=Nc3nc(-c4ccccc4Cl)ns3)c12. The van der Waals surface area contributed by atoms with Gasteiger partial charge in [0.1, 0.15) is 17.3 Å². The summed E-state index contributed by atoms with van der Waals surface area (Å²) in [6.45, 7) is 11.1. The van der Waals surface area contributed by atoms with E-state index in [1.807, 2.05) is 133 Å². The topological polar surface area (TPSA) is 180 Å². The van der Waals surface area contributed by atoms with Crippen LogP contribution in [0.15, 0.2) is 154 Å². The molecule has 0 saturated heterocycles. The van der Waals surface area contributed by atoms with Crippen molar-refractivity contribution in [1.82, 2.24) is 57.5 Å². The fourth-order valence-electron chi connectivity index (χ4n) is 8.07. The molecule has 0 spiro atoms. The number of aromatic nitrogens is 12. The first kappa shape index (κ1) is 48.8. The number of aryl methyl sites for hydroxylation is 1. The summed E-state index contributed by atoms with van der Waals surface area (Å²) in [4.78, 5) is 9.10. The van der Waals surface area contributed by atoms with Gasteiger partial charge in [0.2, 0.25) is 10.3 Å². The van der Waals surface area contributed by atoms with Crippen LogP contribution >= 0.6 is 46.3 Å². The summed E-state index contributed by atoms with van der Waals surface area (Å²) in [6, 6.07) is 42.8. The number of ether oxygens (including phenoxy) is 1. The number of fused-ring (bicyclic) bond motifs is 2. The van der Waals surface area contributed by atoms with Gasteiger partial charge in [0.15, 0.2) is 40.1 Å². The molecule has 6 aromatic heterocycles. The summed E-state index contributed by atoms with van der Waals surface area (Å²) in [5.41, 5.74) is 8.27. The molecule has 0 bridgehead atoms. The quantitative estimate of drug-likeness (QED) is 0.108. The van der Waals surface area contributed by atoms with Crippen LogP contribution in [0, 0.1) is 0 Å². The minimum Gasteiger partial charge on any atom is -0.496 e. The van der Waals surface area contributed by atoms with E-state index >= 15 is 0 Å². The molecule has 21 heteroatoms. The number of hydrogen-bond donors (Lipinski definition) is 0. The lowest BCUT2D eigenvalue weighted by Gasteiger charge is -2.15. The molecular weight excluding hydrogens is 1000 g/mol. The molecule has 0 radical (unpaired) electrons. The third kappa shape index (κ3) is 10.0. The highest BCUT2D eigenvalue weighted by atomic mass is 35.5. The zero-order chi connectivity index (χ0) is 50.8. The first-order valence-electron chi connectivity index (χ1n) is 23.0. The van der Waals surface area contributed by atoms with Gasteiger partial charge in [0.25, 0.3) is 0 Å². The van der Waals surface area contributed by atoms with Gasteiger partial charge in [-0.25, -0.2) is 0 Å². The molecule has 0 aliphatic rings. The van der Waals surface area contributed by atoms with E-state index in [0.717, 1.165) is 68.0 Å². The first-order chi connectivity index (χ1) is 35.4. The minimum absolute atomic E-state index is 0.158. The highest BCUT2D eigenvalue weighted by Gasteiger charge is 2.29. The predicted molar refractivity (Wildman–Crippen MR) is 288 cm³/mol. The number of para-hydroxylation sites is 1. The van der Waals surface area contributed by atoms with Crippen molar-refractivity contribution in [2.45, 2.75) is 52.5 Å². The zero-order valence-corrected chi connectivity index (χ0v) is 43.8. The van der Waals surface area contributed by atoms with Crippen molar-refractivity contribution in [2.75, 3.05) is 7.11 Å². The summed E-state index contributed by atoms with van der Waals surface area (Å²) < 4.78 is 21.7. The highest BCUT2D eigenvalue weighted by molar-refractivity contribution is 7.09. The second-order valence-corrected chi connectivity index (χ2v) is 20.2. The fourth-order valence-corrected chi connectivity index (χ4v) is 9.53. The van der Waals surface area contributed by atoms with E-state index in [-0.39, 0.29) is 11.3 Å². The third-order valence-corrected chi connectivity index (χ3v) is 13.4. The third-order valence-electron chi connectivity index (χ3n) is 11.5. The molecule has 73 heavy (non-hydrogen) atoms. The molecule has 366 valence electrons. The lowest BCUT2D eigenvalue weighted by atomic mass is 9.91. The Bertz CT molecular complexity index is 3790. The van der Waals surface area contributed by atoms with Crippen LogP contribution < -0.4 is 4.74 Å². The lowest BCUT2D eigenvalue weighted by Crippen LogP contribution is -2.12. The van der Waals surface area contributed by atoms with E-state index in [1.165, 1.54) is 11.5 Å². The molecule has 0 unspecified atom stereocenters. The zero-order valence-electron chi connectivity index (χ0n) is 40.6. The standard InChI is InChI=1S/C29H25ClN8OS.C23H21ClN8S/c1-18(2)27-35-38-28(37(27)17-19-11-5-4-6-12-19)25(24(34-38)20-13-7-9-15-22(20)30)32-33-29-31-26(36-40-29)21-14-8-10-16-23(21)39-3;1-23(2,3)18-17(21-31(4)20(29-32(21)28-18)14-10-6-5-7-11-14)26-27-22-25-19(30-33-22)15-12-8-9-13-16(15)24/h4-16,18H,17H2,1-3H3;5-13H,1-4H3. The van der Waals surface area contributed by atoms with Crippen LogP contribution in [0.4, 0.5) is 21.6 Å². The van der Waals surface area contributed by atoms with Gasteiger partial charge in [-0.15, -0.1) is 45.0 Å². The minimum atomic E-state index is -0.251. The van der Waals surface area contributed by atoms with Crippen molar-refractivity contribution in [3.8, 4) is 51.2 Å². The van der Waals surface area contributed by atoms with Crippen molar-refractivity contribution in [1.29, 1.82) is 0 Å². The van der Waals surface area contributed by atoms with Crippen LogP contribution in [0.5, 0.6) is 5.75 Å². The van der Waals surface area contributed by atoms with E-state index in [0.29, 0.717) is 61.3 Å². The maximum absolute atomic E-state index is 6.61. The molecule has 11 aromatic rings. The van der Waals surface area contributed by atoms with Gasteiger partial charge in [0, 0.05) is 58.1 Å². The molecule has 0 atom stereocenters.